The zero-order valence-corrected chi connectivity index (χ0v) is 16.3. The SMILES string of the molecule is O=C(Cn1nc2c(Sc3cccc(F)c3)nccn2c1=O)NCc1ccc(F)cc1. The minimum absolute atomic E-state index is 0.198. The molecule has 2 aromatic carbocycles. The molecule has 0 aliphatic rings. The van der Waals surface area contributed by atoms with Crippen LogP contribution < -0.4 is 11.0 Å². The lowest BCUT2D eigenvalue weighted by Gasteiger charge is -2.04. The van der Waals surface area contributed by atoms with Crippen LogP contribution in [-0.2, 0) is 17.9 Å². The summed E-state index contributed by atoms with van der Waals surface area (Å²) in [5.74, 6) is -1.16. The number of aromatic nitrogens is 4. The highest BCUT2D eigenvalue weighted by Crippen LogP contribution is 2.28. The minimum Gasteiger partial charge on any atom is -0.350 e. The molecule has 4 rings (SSSR count). The topological polar surface area (TPSA) is 81.3 Å². The summed E-state index contributed by atoms with van der Waals surface area (Å²) < 4.78 is 28.7. The van der Waals surface area contributed by atoms with Gasteiger partial charge in [-0.2, -0.15) is 0 Å². The third-order valence-electron chi connectivity index (χ3n) is 4.18. The molecule has 10 heteroatoms. The van der Waals surface area contributed by atoms with Crippen molar-refractivity contribution in [2.24, 2.45) is 0 Å². The summed E-state index contributed by atoms with van der Waals surface area (Å²) in [6, 6.07) is 11.7. The van der Waals surface area contributed by atoms with E-state index in [-0.39, 0.29) is 30.4 Å². The molecule has 0 radical (unpaired) electrons. The van der Waals surface area contributed by atoms with Crippen molar-refractivity contribution in [3.05, 3.63) is 88.6 Å². The standard InChI is InChI=1S/C20H15F2N5O2S/c21-14-6-4-13(5-7-14)11-24-17(28)12-27-20(29)26-9-8-23-19(18(26)25-27)30-16-3-1-2-15(22)10-16/h1-10H,11-12H2,(H,24,28). The molecule has 30 heavy (non-hydrogen) atoms. The van der Waals surface area contributed by atoms with Gasteiger partial charge in [0, 0.05) is 23.8 Å². The van der Waals surface area contributed by atoms with Crippen molar-refractivity contribution < 1.29 is 13.6 Å². The first-order chi connectivity index (χ1) is 14.5. The summed E-state index contributed by atoms with van der Waals surface area (Å²) in [6.07, 6.45) is 2.89. The Balaban J connectivity index is 1.52. The molecule has 0 aliphatic carbocycles. The summed E-state index contributed by atoms with van der Waals surface area (Å²) >= 11 is 1.16. The Hall–Kier alpha value is -3.53. The minimum atomic E-state index is -0.495. The Morgan fingerprint density at radius 2 is 1.90 bits per heavy atom. The molecular weight excluding hydrogens is 412 g/mol. The van der Waals surface area contributed by atoms with Crippen LogP contribution in [0.4, 0.5) is 8.78 Å². The summed E-state index contributed by atoms with van der Waals surface area (Å²) in [5.41, 5.74) is 0.499. The van der Waals surface area contributed by atoms with Crippen LogP contribution in [0.5, 0.6) is 0 Å². The van der Waals surface area contributed by atoms with Crippen molar-refractivity contribution in [2.45, 2.75) is 23.0 Å². The fraction of sp³-hybridized carbons (Fsp3) is 0.100. The van der Waals surface area contributed by atoms with Crippen LogP contribution >= 0.6 is 11.8 Å². The van der Waals surface area contributed by atoms with Crippen molar-refractivity contribution >= 4 is 23.3 Å². The first-order valence-electron chi connectivity index (χ1n) is 8.88. The number of halogens is 2. The van der Waals surface area contributed by atoms with Gasteiger partial charge in [0.15, 0.2) is 5.65 Å². The Kier molecular flexibility index (Phi) is 5.57. The van der Waals surface area contributed by atoms with Crippen LogP contribution in [0.2, 0.25) is 0 Å². The smallest absolute Gasteiger partial charge is 0.350 e. The van der Waals surface area contributed by atoms with E-state index in [1.54, 1.807) is 24.3 Å². The molecule has 1 N–H and O–H groups in total. The number of carbonyl (C=O) groups is 1. The largest absolute Gasteiger partial charge is 0.350 e. The van der Waals surface area contributed by atoms with E-state index in [9.17, 15) is 18.4 Å². The zero-order valence-electron chi connectivity index (χ0n) is 15.5. The third-order valence-corrected chi connectivity index (χ3v) is 5.15. The van der Waals surface area contributed by atoms with Crippen molar-refractivity contribution in [1.82, 2.24) is 24.5 Å². The maximum Gasteiger partial charge on any atom is 0.350 e. The highest BCUT2D eigenvalue weighted by Gasteiger charge is 2.15. The molecule has 0 atom stereocenters. The van der Waals surface area contributed by atoms with E-state index in [2.05, 4.69) is 15.4 Å². The zero-order chi connectivity index (χ0) is 21.1. The predicted molar refractivity (Wildman–Crippen MR) is 106 cm³/mol. The number of amides is 1. The summed E-state index contributed by atoms with van der Waals surface area (Å²) in [4.78, 5) is 29.6. The van der Waals surface area contributed by atoms with Gasteiger partial charge in [0.25, 0.3) is 0 Å². The summed E-state index contributed by atoms with van der Waals surface area (Å²) in [7, 11) is 0. The Bertz CT molecular complexity index is 1270. The van der Waals surface area contributed by atoms with Crippen LogP contribution in [0.3, 0.4) is 0 Å². The van der Waals surface area contributed by atoms with Crippen molar-refractivity contribution in [3.8, 4) is 0 Å². The van der Waals surface area contributed by atoms with E-state index >= 15 is 0 Å². The van der Waals surface area contributed by atoms with Crippen LogP contribution in [0.25, 0.3) is 5.65 Å². The number of hydrogen-bond acceptors (Lipinski definition) is 5. The second-order valence-electron chi connectivity index (χ2n) is 6.33. The molecule has 7 nitrogen and oxygen atoms in total. The average Bonchev–Trinajstić information content (AvgIpc) is 3.04. The molecule has 0 fully saturated rings. The fourth-order valence-corrected chi connectivity index (χ4v) is 3.62. The molecular formula is C20H15F2N5O2S. The number of fused-ring (bicyclic) bond motifs is 1. The van der Waals surface area contributed by atoms with E-state index in [4.69, 9.17) is 0 Å². The molecule has 152 valence electrons. The van der Waals surface area contributed by atoms with Gasteiger partial charge in [-0.05, 0) is 35.9 Å². The number of benzene rings is 2. The van der Waals surface area contributed by atoms with E-state index in [1.165, 1.54) is 41.1 Å². The van der Waals surface area contributed by atoms with Crippen LogP contribution in [0, 0.1) is 11.6 Å². The van der Waals surface area contributed by atoms with Gasteiger partial charge in [-0.15, -0.1) is 5.10 Å². The molecule has 2 aromatic heterocycles. The molecule has 0 spiro atoms. The maximum absolute atomic E-state index is 13.4. The fourth-order valence-electron chi connectivity index (χ4n) is 2.74. The Labute approximate surface area is 173 Å². The average molecular weight is 427 g/mol. The van der Waals surface area contributed by atoms with Gasteiger partial charge >= 0.3 is 5.69 Å². The van der Waals surface area contributed by atoms with E-state index in [1.807, 2.05) is 0 Å². The second-order valence-corrected chi connectivity index (χ2v) is 7.39. The van der Waals surface area contributed by atoms with Crippen molar-refractivity contribution in [2.75, 3.05) is 0 Å². The normalized spacial score (nSPS) is 11.0. The lowest BCUT2D eigenvalue weighted by Crippen LogP contribution is -2.32. The first-order valence-corrected chi connectivity index (χ1v) is 9.70. The third kappa shape index (κ3) is 4.38. The van der Waals surface area contributed by atoms with Crippen LogP contribution in [-0.4, -0.2) is 25.1 Å². The van der Waals surface area contributed by atoms with E-state index in [0.29, 0.717) is 9.92 Å². The van der Waals surface area contributed by atoms with Gasteiger partial charge in [-0.1, -0.05) is 30.0 Å². The quantitative estimate of drug-likeness (QED) is 0.512. The number of nitrogens with one attached hydrogen (secondary N) is 1. The van der Waals surface area contributed by atoms with E-state index in [0.717, 1.165) is 22.0 Å². The van der Waals surface area contributed by atoms with Gasteiger partial charge in [-0.25, -0.2) is 27.6 Å². The highest BCUT2D eigenvalue weighted by atomic mass is 32.2. The Morgan fingerprint density at radius 3 is 2.67 bits per heavy atom. The predicted octanol–water partition coefficient (Wildman–Crippen LogP) is 2.64. The molecule has 0 saturated carbocycles. The Morgan fingerprint density at radius 1 is 1.10 bits per heavy atom. The van der Waals surface area contributed by atoms with Crippen molar-refractivity contribution in [3.63, 3.8) is 0 Å². The highest BCUT2D eigenvalue weighted by molar-refractivity contribution is 7.99. The second kappa shape index (κ2) is 8.46. The molecule has 0 aliphatic heterocycles. The van der Waals surface area contributed by atoms with E-state index < -0.39 is 11.6 Å². The van der Waals surface area contributed by atoms with Gasteiger partial charge in [0.2, 0.25) is 5.91 Å². The molecule has 0 bridgehead atoms. The number of hydrogen-bond donors (Lipinski definition) is 1. The number of rotatable bonds is 6. The van der Waals surface area contributed by atoms with Crippen molar-refractivity contribution in [1.29, 1.82) is 0 Å². The summed E-state index contributed by atoms with van der Waals surface area (Å²) in [5, 5.41) is 7.29. The lowest BCUT2D eigenvalue weighted by molar-refractivity contribution is -0.122. The van der Waals surface area contributed by atoms with Gasteiger partial charge < -0.3 is 5.32 Å². The molecule has 0 saturated heterocycles. The van der Waals surface area contributed by atoms with Gasteiger partial charge in [-0.3, -0.25) is 4.79 Å². The molecule has 1 amide bonds. The van der Waals surface area contributed by atoms with Gasteiger partial charge in [0.1, 0.15) is 23.2 Å². The number of nitrogens with zero attached hydrogens (tertiary/aromatic N) is 4. The maximum atomic E-state index is 13.4. The van der Waals surface area contributed by atoms with Gasteiger partial charge in [0.05, 0.1) is 0 Å². The lowest BCUT2D eigenvalue weighted by atomic mass is 10.2. The van der Waals surface area contributed by atoms with Crippen LogP contribution in [0.15, 0.2) is 75.6 Å². The molecule has 0 unspecified atom stereocenters. The monoisotopic (exact) mass is 427 g/mol. The van der Waals surface area contributed by atoms with Crippen LogP contribution in [0.1, 0.15) is 5.56 Å². The molecule has 4 aromatic rings. The summed E-state index contributed by atoms with van der Waals surface area (Å²) in [6.45, 7) is -0.0881. The first kappa shape index (κ1) is 19.8. The number of carbonyl (C=O) groups excluding carboxylic acids is 1. The molecule has 2 heterocycles.